The van der Waals surface area contributed by atoms with Crippen LogP contribution in [0.5, 0.6) is 5.75 Å². The number of primary amides is 1. The van der Waals surface area contributed by atoms with Gasteiger partial charge in [-0.05, 0) is 12.3 Å². The van der Waals surface area contributed by atoms with Crippen molar-refractivity contribution in [3.63, 3.8) is 0 Å². The summed E-state index contributed by atoms with van der Waals surface area (Å²) in [5, 5.41) is 9.38. The normalized spacial score (nSPS) is 9.75. The summed E-state index contributed by atoms with van der Waals surface area (Å²) in [5.74, 6) is -0.860. The van der Waals surface area contributed by atoms with Crippen LogP contribution >= 0.6 is 11.8 Å². The number of nitrogens with zero attached hydrogens (tertiary/aromatic N) is 1. The van der Waals surface area contributed by atoms with E-state index in [2.05, 4.69) is 4.98 Å². The van der Waals surface area contributed by atoms with Gasteiger partial charge in [-0.1, -0.05) is 0 Å². The molecule has 5 heteroatoms. The van der Waals surface area contributed by atoms with Gasteiger partial charge >= 0.3 is 0 Å². The van der Waals surface area contributed by atoms with Crippen molar-refractivity contribution in [2.75, 3.05) is 6.26 Å². The molecule has 1 aromatic rings. The van der Waals surface area contributed by atoms with E-state index in [0.717, 1.165) is 0 Å². The van der Waals surface area contributed by atoms with Gasteiger partial charge in [-0.15, -0.1) is 11.8 Å². The Morgan fingerprint density at radius 1 is 1.75 bits per heavy atom. The fourth-order valence-corrected chi connectivity index (χ4v) is 1.27. The van der Waals surface area contributed by atoms with E-state index in [4.69, 9.17) is 5.73 Å². The average Bonchev–Trinajstić information content (AvgIpc) is 2.04. The Kier molecular flexibility index (Phi) is 2.54. The van der Waals surface area contributed by atoms with Crippen molar-refractivity contribution < 1.29 is 9.90 Å². The Morgan fingerprint density at radius 3 is 2.92 bits per heavy atom. The van der Waals surface area contributed by atoms with E-state index in [-0.39, 0.29) is 11.4 Å². The molecule has 0 aromatic carbocycles. The molecule has 0 saturated heterocycles. The van der Waals surface area contributed by atoms with Crippen LogP contribution < -0.4 is 5.73 Å². The molecule has 0 aliphatic rings. The van der Waals surface area contributed by atoms with E-state index in [1.165, 1.54) is 18.0 Å². The molecule has 0 aliphatic carbocycles. The number of carbonyl (C=O) groups is 1. The minimum Gasteiger partial charge on any atom is -0.504 e. The quantitative estimate of drug-likeness (QED) is 0.660. The van der Waals surface area contributed by atoms with Crippen molar-refractivity contribution in [3.05, 3.63) is 18.0 Å². The number of hydrogen-bond acceptors (Lipinski definition) is 4. The molecule has 0 saturated carbocycles. The molecule has 0 fully saturated rings. The topological polar surface area (TPSA) is 76.2 Å². The van der Waals surface area contributed by atoms with Crippen LogP contribution in [0.3, 0.4) is 0 Å². The smallest absolute Gasteiger partial charge is 0.271 e. The maximum Gasteiger partial charge on any atom is 0.271 e. The number of carbonyl (C=O) groups excluding carboxylic acids is 1. The summed E-state index contributed by atoms with van der Waals surface area (Å²) in [6, 6.07) is 1.62. The molecule has 0 spiro atoms. The fraction of sp³-hybridized carbons (Fsp3) is 0.143. The molecule has 1 heterocycles. The number of nitrogens with two attached hydrogens (primary N) is 1. The standard InChI is InChI=1S/C7H8N2O2S/c1-12-4-2-3-9-5(6(4)10)7(8)11/h2-3,10H,1H3,(H2,8,11). The van der Waals surface area contributed by atoms with Crippen molar-refractivity contribution >= 4 is 17.7 Å². The van der Waals surface area contributed by atoms with Gasteiger partial charge in [0, 0.05) is 6.20 Å². The van der Waals surface area contributed by atoms with Crippen LogP contribution in [0.25, 0.3) is 0 Å². The summed E-state index contributed by atoms with van der Waals surface area (Å²) < 4.78 is 0. The van der Waals surface area contributed by atoms with Gasteiger partial charge in [0.2, 0.25) is 0 Å². The summed E-state index contributed by atoms with van der Waals surface area (Å²) in [5.41, 5.74) is 4.89. The van der Waals surface area contributed by atoms with Gasteiger partial charge in [0.05, 0.1) is 4.90 Å². The van der Waals surface area contributed by atoms with E-state index in [1.54, 1.807) is 12.3 Å². The van der Waals surface area contributed by atoms with Crippen molar-refractivity contribution in [2.45, 2.75) is 4.90 Å². The highest BCUT2D eigenvalue weighted by molar-refractivity contribution is 7.98. The lowest BCUT2D eigenvalue weighted by atomic mass is 10.3. The van der Waals surface area contributed by atoms with Crippen molar-refractivity contribution in [1.82, 2.24) is 4.98 Å². The second kappa shape index (κ2) is 3.44. The van der Waals surface area contributed by atoms with E-state index < -0.39 is 5.91 Å². The van der Waals surface area contributed by atoms with Gasteiger partial charge in [0.25, 0.3) is 5.91 Å². The summed E-state index contributed by atoms with van der Waals surface area (Å²) in [6.45, 7) is 0. The number of thioether (sulfide) groups is 1. The van der Waals surface area contributed by atoms with Crippen LogP contribution in [-0.2, 0) is 0 Å². The molecule has 0 unspecified atom stereocenters. The first-order valence-corrected chi connectivity index (χ1v) is 4.41. The lowest BCUT2D eigenvalue weighted by molar-refractivity contribution is 0.0992. The molecule has 1 aromatic heterocycles. The number of aromatic nitrogens is 1. The molecule has 0 atom stereocenters. The van der Waals surface area contributed by atoms with Crippen molar-refractivity contribution in [1.29, 1.82) is 0 Å². The van der Waals surface area contributed by atoms with Gasteiger partial charge in [0.1, 0.15) is 0 Å². The first-order chi connectivity index (χ1) is 5.66. The van der Waals surface area contributed by atoms with Crippen LogP contribution in [0.4, 0.5) is 0 Å². The maximum absolute atomic E-state index is 10.7. The number of amides is 1. The minimum atomic E-state index is -0.719. The number of hydrogen-bond donors (Lipinski definition) is 2. The molecule has 3 N–H and O–H groups in total. The van der Waals surface area contributed by atoms with Gasteiger partial charge in [-0.3, -0.25) is 4.79 Å². The largest absolute Gasteiger partial charge is 0.504 e. The average molecular weight is 184 g/mol. The summed E-state index contributed by atoms with van der Waals surface area (Å²) >= 11 is 1.33. The monoisotopic (exact) mass is 184 g/mol. The highest BCUT2D eigenvalue weighted by Crippen LogP contribution is 2.27. The highest BCUT2D eigenvalue weighted by atomic mass is 32.2. The van der Waals surface area contributed by atoms with Crippen LogP contribution in [0.2, 0.25) is 0 Å². The fourth-order valence-electron chi connectivity index (χ4n) is 0.781. The highest BCUT2D eigenvalue weighted by Gasteiger charge is 2.11. The molecule has 64 valence electrons. The van der Waals surface area contributed by atoms with E-state index in [9.17, 15) is 9.90 Å². The molecule has 12 heavy (non-hydrogen) atoms. The van der Waals surface area contributed by atoms with Crippen LogP contribution in [-0.4, -0.2) is 22.3 Å². The third-order valence-corrected chi connectivity index (χ3v) is 2.11. The number of aromatic hydroxyl groups is 1. The zero-order valence-electron chi connectivity index (χ0n) is 6.44. The third kappa shape index (κ3) is 1.50. The first kappa shape index (κ1) is 8.86. The number of pyridine rings is 1. The number of rotatable bonds is 2. The molecule has 1 amide bonds. The Balaban J connectivity index is 3.23. The Bertz CT molecular complexity index is 314. The molecule has 0 bridgehead atoms. The van der Waals surface area contributed by atoms with E-state index >= 15 is 0 Å². The van der Waals surface area contributed by atoms with Crippen molar-refractivity contribution in [3.8, 4) is 5.75 Å². The van der Waals surface area contributed by atoms with Crippen LogP contribution in [0.15, 0.2) is 17.2 Å². The van der Waals surface area contributed by atoms with Crippen molar-refractivity contribution in [2.24, 2.45) is 5.73 Å². The van der Waals surface area contributed by atoms with Crippen LogP contribution in [0.1, 0.15) is 10.5 Å². The Hall–Kier alpha value is -1.23. The molecular formula is C7H8N2O2S. The molecular weight excluding hydrogens is 176 g/mol. The Labute approximate surface area is 73.8 Å². The lowest BCUT2D eigenvalue weighted by Gasteiger charge is -2.02. The first-order valence-electron chi connectivity index (χ1n) is 3.18. The second-order valence-corrected chi connectivity index (χ2v) is 2.92. The molecule has 1 rings (SSSR count). The van der Waals surface area contributed by atoms with Gasteiger partial charge in [0.15, 0.2) is 11.4 Å². The third-order valence-electron chi connectivity index (χ3n) is 1.34. The van der Waals surface area contributed by atoms with E-state index in [1.807, 2.05) is 0 Å². The summed E-state index contributed by atoms with van der Waals surface area (Å²) in [6.07, 6.45) is 3.23. The second-order valence-electron chi connectivity index (χ2n) is 2.07. The lowest BCUT2D eigenvalue weighted by Crippen LogP contribution is -2.13. The van der Waals surface area contributed by atoms with Gasteiger partial charge in [-0.2, -0.15) is 0 Å². The predicted molar refractivity (Wildman–Crippen MR) is 46.2 cm³/mol. The zero-order valence-corrected chi connectivity index (χ0v) is 7.26. The summed E-state index contributed by atoms with van der Waals surface area (Å²) in [7, 11) is 0. The zero-order chi connectivity index (χ0) is 9.14. The predicted octanol–water partition coefficient (Wildman–Crippen LogP) is 0.608. The minimum absolute atomic E-state index is 0.0816. The van der Waals surface area contributed by atoms with E-state index in [0.29, 0.717) is 4.90 Å². The van der Waals surface area contributed by atoms with Gasteiger partial charge in [-0.25, -0.2) is 4.98 Å². The van der Waals surface area contributed by atoms with Gasteiger partial charge < -0.3 is 10.8 Å². The molecule has 4 nitrogen and oxygen atoms in total. The Morgan fingerprint density at radius 2 is 2.42 bits per heavy atom. The van der Waals surface area contributed by atoms with Crippen LogP contribution in [0, 0.1) is 0 Å². The molecule has 0 aliphatic heterocycles. The maximum atomic E-state index is 10.7. The molecule has 0 radical (unpaired) electrons. The SMILES string of the molecule is CSc1ccnc(C(N)=O)c1O. The summed E-state index contributed by atoms with van der Waals surface area (Å²) in [4.78, 5) is 14.9.